The van der Waals surface area contributed by atoms with Crippen molar-refractivity contribution in [2.75, 3.05) is 7.11 Å². The lowest BCUT2D eigenvalue weighted by Gasteiger charge is -2.43. The predicted octanol–water partition coefficient (Wildman–Crippen LogP) is 3.09. The Kier molecular flexibility index (Phi) is 4.85. The second-order valence-corrected chi connectivity index (χ2v) is 18.8. The molecular weight excluding hydrogens is 324 g/mol. The molecule has 0 aliphatic rings. The van der Waals surface area contributed by atoms with Crippen LogP contribution < -0.4 is 15.6 Å². The maximum absolute atomic E-state index is 6.40. The van der Waals surface area contributed by atoms with Crippen molar-refractivity contribution in [1.29, 1.82) is 0 Å². The molecule has 3 aromatic rings. The van der Waals surface area contributed by atoms with Gasteiger partial charge in [0.25, 0.3) is 0 Å². The van der Waals surface area contributed by atoms with E-state index < -0.39 is 15.4 Å². The molecule has 1 atom stereocenters. The second kappa shape index (κ2) is 6.89. The van der Waals surface area contributed by atoms with Gasteiger partial charge in [0, 0.05) is 7.11 Å². The average Bonchev–Trinajstić information content (AvgIpc) is 2.68. The van der Waals surface area contributed by atoms with Gasteiger partial charge in [-0.1, -0.05) is 108 Å². The molecule has 122 valence electrons. The van der Waals surface area contributed by atoms with Gasteiger partial charge in [0.1, 0.15) is 7.59 Å². The highest BCUT2D eigenvalue weighted by molar-refractivity contribution is 7.52. The first-order valence-electron chi connectivity index (χ1n) is 8.34. The molecule has 3 aromatic carbocycles. The monoisotopic (exact) mass is 348 g/mol. The number of rotatable bonds is 5. The molecule has 0 aliphatic carbocycles. The number of hydrogen-bond acceptors (Lipinski definition) is 1. The molecule has 0 amide bonds. The summed E-state index contributed by atoms with van der Waals surface area (Å²) in [5.41, 5.74) is 0. The van der Waals surface area contributed by atoms with Crippen molar-refractivity contribution < 1.29 is 4.43 Å². The van der Waals surface area contributed by atoms with Crippen molar-refractivity contribution in [2.45, 2.75) is 13.1 Å². The van der Waals surface area contributed by atoms with Gasteiger partial charge in [0.2, 0.25) is 7.83 Å². The molecule has 0 N–H and O–H groups in total. The Morgan fingerprint density at radius 2 is 0.875 bits per heavy atom. The standard InChI is InChI=1S/C21H24OSi2/c1-22-24(3,21-17-11-6-12-18-21)23(2,19-13-7-4-8-14-19)20-15-9-5-10-16-20/h4-18H,1-3H3. The Morgan fingerprint density at radius 3 is 1.21 bits per heavy atom. The van der Waals surface area contributed by atoms with Crippen LogP contribution in [0.3, 0.4) is 0 Å². The van der Waals surface area contributed by atoms with Crippen molar-refractivity contribution in [3.63, 3.8) is 0 Å². The summed E-state index contributed by atoms with van der Waals surface area (Å²) in [5, 5.41) is 4.25. The number of benzene rings is 3. The van der Waals surface area contributed by atoms with Crippen LogP contribution in [0.5, 0.6) is 0 Å². The highest BCUT2D eigenvalue weighted by Crippen LogP contribution is 2.21. The smallest absolute Gasteiger partial charge is 0.216 e. The van der Waals surface area contributed by atoms with Gasteiger partial charge in [0.15, 0.2) is 0 Å². The lowest BCUT2D eigenvalue weighted by molar-refractivity contribution is 0.425. The summed E-state index contributed by atoms with van der Waals surface area (Å²) in [6.07, 6.45) is 0. The first-order valence-corrected chi connectivity index (χ1v) is 14.3. The van der Waals surface area contributed by atoms with E-state index >= 15 is 0 Å². The summed E-state index contributed by atoms with van der Waals surface area (Å²) in [7, 11) is -2.38. The van der Waals surface area contributed by atoms with E-state index in [1.165, 1.54) is 15.6 Å². The molecule has 0 saturated heterocycles. The highest BCUT2D eigenvalue weighted by atomic mass is 29.3. The third kappa shape index (κ3) is 2.69. The summed E-state index contributed by atoms with van der Waals surface area (Å²) in [5.74, 6) is 0. The minimum Gasteiger partial charge on any atom is -0.418 e. The van der Waals surface area contributed by atoms with E-state index in [9.17, 15) is 0 Å². The third-order valence-electron chi connectivity index (χ3n) is 5.39. The van der Waals surface area contributed by atoms with Crippen LogP contribution in [0.2, 0.25) is 13.1 Å². The van der Waals surface area contributed by atoms with Crippen molar-refractivity contribution in [2.24, 2.45) is 0 Å². The zero-order chi connectivity index (χ0) is 17.0. The first-order chi connectivity index (χ1) is 11.6. The van der Waals surface area contributed by atoms with Crippen LogP contribution in [-0.4, -0.2) is 22.5 Å². The molecule has 0 spiro atoms. The molecule has 0 aliphatic heterocycles. The molecule has 1 nitrogen and oxygen atoms in total. The lowest BCUT2D eigenvalue weighted by atomic mass is 10.4. The molecular formula is C21H24OSi2. The molecule has 0 heterocycles. The maximum Gasteiger partial charge on any atom is 0.216 e. The highest BCUT2D eigenvalue weighted by Gasteiger charge is 2.53. The van der Waals surface area contributed by atoms with Crippen LogP contribution in [0.4, 0.5) is 0 Å². The molecule has 0 fully saturated rings. The molecule has 3 heteroatoms. The summed E-state index contributed by atoms with van der Waals surface area (Å²) in [4.78, 5) is 0. The second-order valence-electron chi connectivity index (χ2n) is 6.46. The number of hydrogen-bond donors (Lipinski definition) is 0. The Balaban J connectivity index is 2.29. The van der Waals surface area contributed by atoms with Crippen molar-refractivity contribution >= 4 is 31.0 Å². The molecule has 0 bridgehead atoms. The van der Waals surface area contributed by atoms with E-state index in [1.54, 1.807) is 0 Å². The van der Waals surface area contributed by atoms with Gasteiger partial charge in [0.05, 0.1) is 0 Å². The predicted molar refractivity (Wildman–Crippen MR) is 108 cm³/mol. The van der Waals surface area contributed by atoms with Crippen LogP contribution in [0, 0.1) is 0 Å². The normalized spacial score (nSPS) is 14.1. The van der Waals surface area contributed by atoms with Gasteiger partial charge < -0.3 is 4.43 Å². The third-order valence-corrected chi connectivity index (χ3v) is 21.5. The Bertz CT molecular complexity index is 735. The molecule has 0 aromatic heterocycles. The first kappa shape index (κ1) is 16.9. The van der Waals surface area contributed by atoms with Crippen molar-refractivity contribution in [1.82, 2.24) is 0 Å². The van der Waals surface area contributed by atoms with Crippen LogP contribution in [0.15, 0.2) is 91.0 Å². The maximum atomic E-state index is 6.40. The van der Waals surface area contributed by atoms with Gasteiger partial charge in [-0.2, -0.15) is 0 Å². The Hall–Kier alpha value is -1.95. The van der Waals surface area contributed by atoms with Gasteiger partial charge in [-0.05, 0) is 11.7 Å². The van der Waals surface area contributed by atoms with Crippen LogP contribution in [0.25, 0.3) is 0 Å². The summed E-state index contributed by atoms with van der Waals surface area (Å²) < 4.78 is 6.40. The van der Waals surface area contributed by atoms with Gasteiger partial charge in [-0.25, -0.2) is 0 Å². The molecule has 0 radical (unpaired) electrons. The Morgan fingerprint density at radius 1 is 0.542 bits per heavy atom. The topological polar surface area (TPSA) is 9.23 Å². The van der Waals surface area contributed by atoms with Gasteiger partial charge in [-0.3, -0.25) is 0 Å². The van der Waals surface area contributed by atoms with Crippen LogP contribution >= 0.6 is 0 Å². The lowest BCUT2D eigenvalue weighted by Crippen LogP contribution is -2.79. The zero-order valence-corrected chi connectivity index (χ0v) is 16.6. The van der Waals surface area contributed by atoms with Crippen LogP contribution in [0.1, 0.15) is 0 Å². The fraction of sp³-hybridized carbons (Fsp3) is 0.143. The minimum absolute atomic E-state index is 1.37. The van der Waals surface area contributed by atoms with E-state index in [0.717, 1.165) is 0 Å². The van der Waals surface area contributed by atoms with E-state index in [2.05, 4.69) is 104 Å². The van der Waals surface area contributed by atoms with Crippen molar-refractivity contribution in [3.8, 4) is 0 Å². The summed E-state index contributed by atoms with van der Waals surface area (Å²) >= 11 is 0. The molecule has 1 unspecified atom stereocenters. The quantitative estimate of drug-likeness (QED) is 0.644. The summed E-state index contributed by atoms with van der Waals surface area (Å²) in [6.45, 7) is 4.86. The molecule has 24 heavy (non-hydrogen) atoms. The molecule has 3 rings (SSSR count). The van der Waals surface area contributed by atoms with E-state index in [4.69, 9.17) is 4.43 Å². The van der Waals surface area contributed by atoms with Crippen molar-refractivity contribution in [3.05, 3.63) is 91.0 Å². The largest absolute Gasteiger partial charge is 0.418 e. The average molecular weight is 349 g/mol. The van der Waals surface area contributed by atoms with E-state index in [-0.39, 0.29) is 0 Å². The summed E-state index contributed by atoms with van der Waals surface area (Å²) in [6, 6.07) is 32.8. The van der Waals surface area contributed by atoms with E-state index in [0.29, 0.717) is 0 Å². The molecule has 0 saturated carbocycles. The SMILES string of the molecule is CO[Si](C)(c1ccccc1)[Si](C)(c1ccccc1)c1ccccc1. The fourth-order valence-corrected chi connectivity index (χ4v) is 16.6. The van der Waals surface area contributed by atoms with Gasteiger partial charge in [-0.15, -0.1) is 0 Å². The zero-order valence-electron chi connectivity index (χ0n) is 14.6. The minimum atomic E-state index is -2.20. The Labute approximate surface area is 146 Å². The van der Waals surface area contributed by atoms with Crippen LogP contribution in [-0.2, 0) is 4.43 Å². The fourth-order valence-electron chi connectivity index (χ4n) is 3.63. The van der Waals surface area contributed by atoms with Gasteiger partial charge >= 0.3 is 0 Å². The van der Waals surface area contributed by atoms with E-state index in [1.807, 2.05) is 7.11 Å².